The molecular formula is C12H13N3OS. The Hall–Kier alpha value is -1.75. The zero-order chi connectivity index (χ0) is 12.1. The van der Waals surface area contributed by atoms with Crippen molar-refractivity contribution in [3.8, 4) is 0 Å². The number of carbonyl (C=O) groups is 1. The number of pyridine rings is 1. The Morgan fingerprint density at radius 1 is 1.35 bits per heavy atom. The van der Waals surface area contributed by atoms with Gasteiger partial charge in [0.1, 0.15) is 12.1 Å². The molecule has 88 valence electrons. The maximum atomic E-state index is 10.4. The normalized spacial score (nSPS) is 10.2. The van der Waals surface area contributed by atoms with Gasteiger partial charge in [-0.3, -0.25) is 0 Å². The standard InChI is InChI=1S/C12H13N3OS/c1-2-9-4-3-5-11(13-9)15-12-14-10(6-7-16)8-17-12/h3-5,7-8H,2,6H2,1H3,(H,13,14,15). The van der Waals surface area contributed by atoms with Crippen molar-refractivity contribution in [1.82, 2.24) is 9.97 Å². The number of nitrogens with one attached hydrogen (secondary N) is 1. The van der Waals surface area contributed by atoms with E-state index in [1.807, 2.05) is 23.6 Å². The monoisotopic (exact) mass is 247 g/mol. The number of aryl methyl sites for hydroxylation is 1. The van der Waals surface area contributed by atoms with Crippen LogP contribution in [-0.4, -0.2) is 16.3 Å². The van der Waals surface area contributed by atoms with Crippen LogP contribution in [0.25, 0.3) is 0 Å². The van der Waals surface area contributed by atoms with Crippen LogP contribution < -0.4 is 5.32 Å². The molecule has 0 amide bonds. The number of nitrogens with zero attached hydrogens (tertiary/aromatic N) is 2. The van der Waals surface area contributed by atoms with Crippen molar-refractivity contribution >= 4 is 28.6 Å². The number of aldehydes is 1. The van der Waals surface area contributed by atoms with E-state index in [1.165, 1.54) is 11.3 Å². The molecule has 0 bridgehead atoms. The van der Waals surface area contributed by atoms with Gasteiger partial charge in [-0.25, -0.2) is 9.97 Å². The van der Waals surface area contributed by atoms with Gasteiger partial charge in [0.25, 0.3) is 0 Å². The lowest BCUT2D eigenvalue weighted by Gasteiger charge is -2.02. The molecule has 0 radical (unpaired) electrons. The van der Waals surface area contributed by atoms with Crippen molar-refractivity contribution in [3.05, 3.63) is 35.0 Å². The van der Waals surface area contributed by atoms with Crippen molar-refractivity contribution in [2.45, 2.75) is 19.8 Å². The van der Waals surface area contributed by atoms with Gasteiger partial charge in [-0.1, -0.05) is 13.0 Å². The molecule has 17 heavy (non-hydrogen) atoms. The first-order chi connectivity index (χ1) is 8.31. The molecule has 0 aliphatic rings. The lowest BCUT2D eigenvalue weighted by molar-refractivity contribution is -0.107. The van der Waals surface area contributed by atoms with Crippen LogP contribution in [0.5, 0.6) is 0 Å². The molecule has 1 N–H and O–H groups in total. The fourth-order valence-corrected chi connectivity index (χ4v) is 2.13. The van der Waals surface area contributed by atoms with E-state index in [0.717, 1.165) is 35.0 Å². The van der Waals surface area contributed by atoms with E-state index in [-0.39, 0.29) is 0 Å². The van der Waals surface area contributed by atoms with Crippen LogP contribution in [0.1, 0.15) is 18.3 Å². The lowest BCUT2D eigenvalue weighted by atomic mass is 10.3. The first kappa shape index (κ1) is 11.7. The van der Waals surface area contributed by atoms with Crippen molar-refractivity contribution in [2.75, 3.05) is 5.32 Å². The summed E-state index contributed by atoms with van der Waals surface area (Å²) in [6.07, 6.45) is 2.12. The van der Waals surface area contributed by atoms with Gasteiger partial charge in [0.15, 0.2) is 5.13 Å². The molecule has 0 aliphatic carbocycles. The molecular weight excluding hydrogens is 234 g/mol. The molecule has 0 saturated heterocycles. The summed E-state index contributed by atoms with van der Waals surface area (Å²) in [5, 5.41) is 5.78. The zero-order valence-electron chi connectivity index (χ0n) is 9.51. The van der Waals surface area contributed by atoms with Crippen molar-refractivity contribution < 1.29 is 4.79 Å². The van der Waals surface area contributed by atoms with Gasteiger partial charge in [-0.05, 0) is 18.6 Å². The molecule has 0 atom stereocenters. The first-order valence-electron chi connectivity index (χ1n) is 5.43. The SMILES string of the molecule is CCc1cccc(Nc2nc(CC=O)cs2)n1. The summed E-state index contributed by atoms with van der Waals surface area (Å²) in [4.78, 5) is 19.1. The second-order valence-electron chi connectivity index (χ2n) is 3.51. The van der Waals surface area contributed by atoms with Crippen molar-refractivity contribution in [2.24, 2.45) is 0 Å². The molecule has 0 unspecified atom stereocenters. The molecule has 0 fully saturated rings. The Morgan fingerprint density at radius 2 is 2.24 bits per heavy atom. The van der Waals surface area contributed by atoms with Gasteiger partial charge < -0.3 is 10.1 Å². The van der Waals surface area contributed by atoms with Crippen LogP contribution in [0.4, 0.5) is 10.9 Å². The van der Waals surface area contributed by atoms with Crippen LogP contribution in [0.3, 0.4) is 0 Å². The van der Waals surface area contributed by atoms with E-state index >= 15 is 0 Å². The fourth-order valence-electron chi connectivity index (χ4n) is 1.40. The summed E-state index contributed by atoms with van der Waals surface area (Å²) >= 11 is 1.48. The third-order valence-corrected chi connectivity index (χ3v) is 3.05. The summed E-state index contributed by atoms with van der Waals surface area (Å²) in [6.45, 7) is 2.07. The maximum Gasteiger partial charge on any atom is 0.188 e. The minimum atomic E-state index is 0.362. The van der Waals surface area contributed by atoms with Gasteiger partial charge >= 0.3 is 0 Å². The number of anilines is 2. The van der Waals surface area contributed by atoms with E-state index in [0.29, 0.717) is 6.42 Å². The number of carbonyl (C=O) groups excluding carboxylic acids is 1. The molecule has 2 aromatic rings. The molecule has 5 heteroatoms. The van der Waals surface area contributed by atoms with Crippen LogP contribution in [0, 0.1) is 0 Å². The summed E-state index contributed by atoms with van der Waals surface area (Å²) < 4.78 is 0. The smallest absolute Gasteiger partial charge is 0.188 e. The molecule has 0 aromatic carbocycles. The highest BCUT2D eigenvalue weighted by molar-refractivity contribution is 7.13. The number of aromatic nitrogens is 2. The first-order valence-corrected chi connectivity index (χ1v) is 6.30. The van der Waals surface area contributed by atoms with E-state index in [2.05, 4.69) is 22.2 Å². The van der Waals surface area contributed by atoms with E-state index in [1.54, 1.807) is 0 Å². The third kappa shape index (κ3) is 3.10. The summed E-state index contributed by atoms with van der Waals surface area (Å²) in [6, 6.07) is 5.86. The largest absolute Gasteiger partial charge is 0.316 e. The Morgan fingerprint density at radius 3 is 3.00 bits per heavy atom. The Labute approximate surface area is 104 Å². The highest BCUT2D eigenvalue weighted by Crippen LogP contribution is 2.19. The van der Waals surface area contributed by atoms with E-state index in [4.69, 9.17) is 0 Å². The molecule has 0 aliphatic heterocycles. The van der Waals surface area contributed by atoms with E-state index < -0.39 is 0 Å². The third-order valence-electron chi connectivity index (χ3n) is 2.25. The average molecular weight is 247 g/mol. The average Bonchev–Trinajstić information content (AvgIpc) is 2.77. The Kier molecular flexibility index (Phi) is 3.82. The minimum absolute atomic E-state index is 0.362. The minimum Gasteiger partial charge on any atom is -0.316 e. The summed E-state index contributed by atoms with van der Waals surface area (Å²) in [5.74, 6) is 0.788. The van der Waals surface area contributed by atoms with Gasteiger partial charge in [0.05, 0.1) is 5.69 Å². The second-order valence-corrected chi connectivity index (χ2v) is 4.37. The van der Waals surface area contributed by atoms with Gasteiger partial charge in [0, 0.05) is 17.5 Å². The Bertz CT molecular complexity index is 510. The molecule has 2 heterocycles. The molecule has 4 nitrogen and oxygen atoms in total. The maximum absolute atomic E-state index is 10.4. The van der Waals surface area contributed by atoms with Crippen LogP contribution in [-0.2, 0) is 17.6 Å². The molecule has 0 spiro atoms. The van der Waals surface area contributed by atoms with E-state index in [9.17, 15) is 4.79 Å². The zero-order valence-corrected chi connectivity index (χ0v) is 10.3. The number of hydrogen-bond donors (Lipinski definition) is 1. The molecule has 2 aromatic heterocycles. The predicted molar refractivity (Wildman–Crippen MR) is 68.8 cm³/mol. The molecule has 0 saturated carbocycles. The lowest BCUT2D eigenvalue weighted by Crippen LogP contribution is -1.96. The van der Waals surface area contributed by atoms with Gasteiger partial charge in [0.2, 0.25) is 0 Å². The summed E-state index contributed by atoms with van der Waals surface area (Å²) in [5.41, 5.74) is 1.83. The second kappa shape index (κ2) is 5.54. The number of hydrogen-bond acceptors (Lipinski definition) is 5. The quantitative estimate of drug-likeness (QED) is 0.825. The van der Waals surface area contributed by atoms with Gasteiger partial charge in [-0.15, -0.1) is 11.3 Å². The molecule has 2 rings (SSSR count). The highest BCUT2D eigenvalue weighted by atomic mass is 32.1. The number of thiazole rings is 1. The Balaban J connectivity index is 2.10. The van der Waals surface area contributed by atoms with Crippen molar-refractivity contribution in [3.63, 3.8) is 0 Å². The van der Waals surface area contributed by atoms with Gasteiger partial charge in [-0.2, -0.15) is 0 Å². The topological polar surface area (TPSA) is 54.9 Å². The van der Waals surface area contributed by atoms with Crippen LogP contribution >= 0.6 is 11.3 Å². The predicted octanol–water partition coefficient (Wildman–Crippen LogP) is 2.59. The summed E-state index contributed by atoms with van der Waals surface area (Å²) in [7, 11) is 0. The van der Waals surface area contributed by atoms with Crippen LogP contribution in [0.2, 0.25) is 0 Å². The van der Waals surface area contributed by atoms with Crippen LogP contribution in [0.15, 0.2) is 23.6 Å². The fraction of sp³-hybridized carbons (Fsp3) is 0.250. The number of rotatable bonds is 5. The van der Waals surface area contributed by atoms with Crippen molar-refractivity contribution in [1.29, 1.82) is 0 Å². The highest BCUT2D eigenvalue weighted by Gasteiger charge is 2.03.